The number of aryl methyl sites for hydroxylation is 2. The Balaban J connectivity index is 0.000000317. The van der Waals surface area contributed by atoms with Gasteiger partial charge in [-0.1, -0.05) is 11.2 Å². The Morgan fingerprint density at radius 1 is 1.03 bits per heavy atom. The zero-order valence-electron chi connectivity index (χ0n) is 21.1. The van der Waals surface area contributed by atoms with Crippen LogP contribution in [0.1, 0.15) is 28.3 Å². The molecule has 4 rings (SSSR count). The Kier molecular flexibility index (Phi) is 11.3. The minimum absolute atomic E-state index is 0.257. The SMILES string of the molecule is Cc1noc(C)c1CN1CCOCC2(CCN(Cc3cccs3)C2)C1.O=C(O)C(F)(F)F.O=C(O)C(F)(F)F. The minimum atomic E-state index is -5.08. The van der Waals surface area contributed by atoms with Crippen molar-refractivity contribution >= 4 is 23.3 Å². The number of aromatic nitrogens is 1. The lowest BCUT2D eigenvalue weighted by atomic mass is 9.87. The number of nitrogens with zero attached hydrogens (tertiary/aromatic N) is 3. The molecule has 0 bridgehead atoms. The van der Waals surface area contributed by atoms with Crippen LogP contribution in [0.4, 0.5) is 26.3 Å². The Morgan fingerprint density at radius 2 is 1.59 bits per heavy atom. The highest BCUT2D eigenvalue weighted by molar-refractivity contribution is 7.09. The summed E-state index contributed by atoms with van der Waals surface area (Å²) in [6.07, 6.45) is -8.95. The van der Waals surface area contributed by atoms with Crippen molar-refractivity contribution in [2.45, 2.75) is 45.7 Å². The predicted molar refractivity (Wildman–Crippen MR) is 126 cm³/mol. The van der Waals surface area contributed by atoms with Crippen LogP contribution in [0.15, 0.2) is 22.0 Å². The number of hydrogen-bond acceptors (Lipinski definition) is 8. The smallest absolute Gasteiger partial charge is 0.475 e. The first kappa shape index (κ1) is 32.5. The molecule has 1 spiro atoms. The molecule has 0 radical (unpaired) electrons. The topological polar surface area (TPSA) is 116 Å². The van der Waals surface area contributed by atoms with E-state index in [4.69, 9.17) is 29.1 Å². The zero-order chi connectivity index (χ0) is 29.4. The van der Waals surface area contributed by atoms with Gasteiger partial charge in [-0.3, -0.25) is 9.80 Å². The van der Waals surface area contributed by atoms with Crippen molar-refractivity contribution in [3.05, 3.63) is 39.4 Å². The predicted octanol–water partition coefficient (Wildman–Crippen LogP) is 4.34. The molecule has 2 saturated heterocycles. The Morgan fingerprint density at radius 3 is 2.05 bits per heavy atom. The molecular weight excluding hydrogens is 560 g/mol. The molecule has 2 aliphatic rings. The fourth-order valence-electron chi connectivity index (χ4n) is 4.20. The van der Waals surface area contributed by atoms with Gasteiger partial charge < -0.3 is 19.5 Å². The zero-order valence-corrected chi connectivity index (χ0v) is 22.0. The number of carboxylic acids is 2. The van der Waals surface area contributed by atoms with Crippen LogP contribution >= 0.6 is 11.3 Å². The number of rotatable bonds is 4. The summed E-state index contributed by atoms with van der Waals surface area (Å²) >= 11 is 1.85. The standard InChI is InChI=1S/C19H27N3O2S.2C2HF3O2/c1-15-18(16(2)24-20-15)11-22-7-8-23-14-19(13-22)5-6-21(12-19)10-17-4-3-9-25-17;2*3-2(4,5)1(6)7/h3-4,9H,5-8,10-14H2,1-2H3;2*(H,6,7). The minimum Gasteiger partial charge on any atom is -0.475 e. The third-order valence-corrected chi connectivity index (χ3v) is 6.91. The summed E-state index contributed by atoms with van der Waals surface area (Å²) in [4.78, 5) is 24.4. The van der Waals surface area contributed by atoms with E-state index in [-0.39, 0.29) is 5.41 Å². The summed E-state index contributed by atoms with van der Waals surface area (Å²) in [5.41, 5.74) is 2.51. The van der Waals surface area contributed by atoms with Crippen LogP contribution in [0.2, 0.25) is 0 Å². The maximum atomic E-state index is 10.6. The molecule has 0 aromatic carbocycles. The summed E-state index contributed by atoms with van der Waals surface area (Å²) in [5, 5.41) is 20.5. The highest BCUT2D eigenvalue weighted by Gasteiger charge is 2.41. The number of halogens is 6. The second-order valence-corrected chi connectivity index (χ2v) is 10.2. The van der Waals surface area contributed by atoms with Gasteiger partial charge in [-0.05, 0) is 38.3 Å². The van der Waals surface area contributed by atoms with E-state index in [1.54, 1.807) is 0 Å². The fourth-order valence-corrected chi connectivity index (χ4v) is 4.95. The number of alkyl halides is 6. The van der Waals surface area contributed by atoms with Gasteiger partial charge in [0.05, 0.1) is 18.9 Å². The molecule has 0 aliphatic carbocycles. The van der Waals surface area contributed by atoms with Crippen molar-refractivity contribution in [1.82, 2.24) is 15.0 Å². The lowest BCUT2D eigenvalue weighted by Crippen LogP contribution is -2.40. The maximum Gasteiger partial charge on any atom is 0.490 e. The number of ether oxygens (including phenoxy) is 1. The Bertz CT molecular complexity index is 1030. The Hall–Kier alpha value is -2.69. The molecule has 2 N–H and O–H groups in total. The van der Waals surface area contributed by atoms with E-state index in [0.29, 0.717) is 0 Å². The summed E-state index contributed by atoms with van der Waals surface area (Å²) < 4.78 is 74.8. The van der Waals surface area contributed by atoms with E-state index in [0.717, 1.165) is 57.4 Å². The molecule has 0 saturated carbocycles. The van der Waals surface area contributed by atoms with Gasteiger partial charge in [-0.2, -0.15) is 26.3 Å². The second kappa shape index (κ2) is 13.6. The molecule has 0 amide bonds. The van der Waals surface area contributed by atoms with Crippen LogP contribution in [0.3, 0.4) is 0 Å². The van der Waals surface area contributed by atoms with Crippen molar-refractivity contribution in [2.75, 3.05) is 39.4 Å². The first-order valence-corrected chi connectivity index (χ1v) is 12.5. The molecule has 1 unspecified atom stereocenters. The average Bonchev–Trinajstić information content (AvgIpc) is 3.51. The van der Waals surface area contributed by atoms with Gasteiger partial charge in [0.15, 0.2) is 0 Å². The molecule has 9 nitrogen and oxygen atoms in total. The molecule has 2 aliphatic heterocycles. The molecule has 4 heterocycles. The monoisotopic (exact) mass is 589 g/mol. The highest BCUT2D eigenvalue weighted by Crippen LogP contribution is 2.35. The number of aliphatic carboxylic acids is 2. The third-order valence-electron chi connectivity index (χ3n) is 6.04. The molecule has 2 fully saturated rings. The lowest BCUT2D eigenvalue weighted by Gasteiger charge is -2.32. The van der Waals surface area contributed by atoms with Gasteiger partial charge in [-0.15, -0.1) is 11.3 Å². The molecule has 39 heavy (non-hydrogen) atoms. The molecule has 220 valence electrons. The van der Waals surface area contributed by atoms with Crippen LogP contribution in [0.25, 0.3) is 0 Å². The lowest BCUT2D eigenvalue weighted by molar-refractivity contribution is -0.193. The van der Waals surface area contributed by atoms with Crippen molar-refractivity contribution < 1.29 is 55.4 Å². The number of thiophene rings is 1. The quantitative estimate of drug-likeness (QED) is 0.503. The fraction of sp³-hybridized carbons (Fsp3) is 0.609. The summed E-state index contributed by atoms with van der Waals surface area (Å²) in [5.74, 6) is -4.57. The molecule has 2 aromatic rings. The van der Waals surface area contributed by atoms with Crippen LogP contribution in [0.5, 0.6) is 0 Å². The molecule has 2 aromatic heterocycles. The van der Waals surface area contributed by atoms with Crippen LogP contribution in [-0.4, -0.2) is 88.9 Å². The van der Waals surface area contributed by atoms with Crippen molar-refractivity contribution in [3.8, 4) is 0 Å². The van der Waals surface area contributed by atoms with E-state index < -0.39 is 24.3 Å². The molecule has 16 heteroatoms. The highest BCUT2D eigenvalue weighted by atomic mass is 32.1. The first-order valence-electron chi connectivity index (χ1n) is 11.6. The molecule has 1 atom stereocenters. The van der Waals surface area contributed by atoms with Gasteiger partial charge in [0.2, 0.25) is 0 Å². The van der Waals surface area contributed by atoms with Gasteiger partial charge in [0.25, 0.3) is 0 Å². The van der Waals surface area contributed by atoms with Gasteiger partial charge in [-0.25, -0.2) is 9.59 Å². The van der Waals surface area contributed by atoms with Gasteiger partial charge in [0.1, 0.15) is 5.76 Å². The van der Waals surface area contributed by atoms with Crippen molar-refractivity contribution in [2.24, 2.45) is 5.41 Å². The van der Waals surface area contributed by atoms with E-state index >= 15 is 0 Å². The average molecular weight is 590 g/mol. The van der Waals surface area contributed by atoms with E-state index in [1.165, 1.54) is 23.4 Å². The first-order chi connectivity index (χ1) is 18.0. The van der Waals surface area contributed by atoms with Crippen molar-refractivity contribution in [1.29, 1.82) is 0 Å². The molecular formula is C23H29F6N3O6S. The number of likely N-dealkylation sites (tertiary alicyclic amines) is 1. The van der Waals surface area contributed by atoms with E-state index in [9.17, 15) is 26.3 Å². The Labute approximate surface area is 223 Å². The maximum absolute atomic E-state index is 10.6. The normalized spacial score (nSPS) is 20.5. The van der Waals surface area contributed by atoms with Crippen LogP contribution in [0, 0.1) is 19.3 Å². The van der Waals surface area contributed by atoms with Gasteiger partial charge >= 0.3 is 24.3 Å². The second-order valence-electron chi connectivity index (χ2n) is 9.21. The number of hydrogen-bond donors (Lipinski definition) is 2. The number of carbonyl (C=O) groups is 2. The van der Waals surface area contributed by atoms with Gasteiger partial charge in [0, 0.05) is 48.6 Å². The number of carboxylic acid groups (broad SMARTS) is 2. The third kappa shape index (κ3) is 10.4. The van der Waals surface area contributed by atoms with E-state index in [1.807, 2.05) is 25.2 Å². The summed E-state index contributed by atoms with van der Waals surface area (Å²) in [6.45, 7) is 12.1. The van der Waals surface area contributed by atoms with Crippen LogP contribution in [-0.2, 0) is 27.4 Å². The summed E-state index contributed by atoms with van der Waals surface area (Å²) in [6, 6.07) is 4.38. The summed E-state index contributed by atoms with van der Waals surface area (Å²) in [7, 11) is 0. The van der Waals surface area contributed by atoms with Crippen molar-refractivity contribution in [3.63, 3.8) is 0 Å². The van der Waals surface area contributed by atoms with Crippen LogP contribution < -0.4 is 0 Å². The largest absolute Gasteiger partial charge is 0.490 e. The van der Waals surface area contributed by atoms with E-state index in [2.05, 4.69) is 32.5 Å².